The lowest BCUT2D eigenvalue weighted by Gasteiger charge is -2.29. The molecule has 2 N–H and O–H groups in total. The normalized spacial score (nSPS) is 19.7. The number of amides is 1. The number of carbonyl (C=O) groups is 2. The van der Waals surface area contributed by atoms with Gasteiger partial charge in [0.25, 0.3) is 5.91 Å². The van der Waals surface area contributed by atoms with Crippen LogP contribution in [0, 0.1) is 5.41 Å². The van der Waals surface area contributed by atoms with Crippen molar-refractivity contribution in [2.75, 3.05) is 6.54 Å². The van der Waals surface area contributed by atoms with E-state index in [1.807, 2.05) is 0 Å². The van der Waals surface area contributed by atoms with Crippen LogP contribution in [0.3, 0.4) is 0 Å². The number of alkyl halides is 5. The Hall–Kier alpha value is -1.41. The van der Waals surface area contributed by atoms with Crippen molar-refractivity contribution in [1.29, 1.82) is 0 Å². The summed E-state index contributed by atoms with van der Waals surface area (Å²) in [7, 11) is 0. The first-order valence-corrected chi connectivity index (χ1v) is 6.49. The number of rotatable bonds is 4. The number of carboxylic acid groups (broad SMARTS) is 1. The summed E-state index contributed by atoms with van der Waals surface area (Å²) in [5, 5.41) is 10.7. The number of halogens is 5. The van der Waals surface area contributed by atoms with E-state index in [1.54, 1.807) is 0 Å². The summed E-state index contributed by atoms with van der Waals surface area (Å²) in [5.41, 5.74) is -1.48. The van der Waals surface area contributed by atoms with Crippen LogP contribution < -0.4 is 5.32 Å². The second kappa shape index (κ2) is 6.15. The topological polar surface area (TPSA) is 66.4 Å². The number of hydrogen-bond acceptors (Lipinski definition) is 2. The van der Waals surface area contributed by atoms with Gasteiger partial charge in [-0.25, -0.2) is 0 Å². The van der Waals surface area contributed by atoms with Gasteiger partial charge in [0.1, 0.15) is 0 Å². The van der Waals surface area contributed by atoms with E-state index in [-0.39, 0.29) is 12.8 Å². The van der Waals surface area contributed by atoms with Crippen LogP contribution in [0.15, 0.2) is 0 Å². The van der Waals surface area contributed by atoms with Crippen molar-refractivity contribution in [3.8, 4) is 0 Å². The summed E-state index contributed by atoms with van der Waals surface area (Å²) in [6, 6.07) is 0. The lowest BCUT2D eigenvalue weighted by molar-refractivity contribution is -0.269. The predicted molar refractivity (Wildman–Crippen MR) is 61.8 cm³/mol. The molecule has 1 aliphatic rings. The van der Waals surface area contributed by atoms with Gasteiger partial charge in [-0.15, -0.1) is 0 Å². The van der Waals surface area contributed by atoms with Gasteiger partial charge in [-0.05, 0) is 12.8 Å². The van der Waals surface area contributed by atoms with Gasteiger partial charge in [-0.2, -0.15) is 22.0 Å². The minimum Gasteiger partial charge on any atom is -0.481 e. The molecule has 4 nitrogen and oxygen atoms in total. The van der Waals surface area contributed by atoms with E-state index in [4.69, 9.17) is 0 Å². The summed E-state index contributed by atoms with van der Waals surface area (Å²) in [6.45, 7) is -0.729. The average molecular weight is 317 g/mol. The maximum Gasteiger partial charge on any atom is 0.463 e. The van der Waals surface area contributed by atoms with E-state index >= 15 is 0 Å². The van der Waals surface area contributed by atoms with Crippen LogP contribution in [0.25, 0.3) is 0 Å². The summed E-state index contributed by atoms with van der Waals surface area (Å²) in [5.74, 6) is -9.34. The fourth-order valence-electron chi connectivity index (χ4n) is 2.36. The standard InChI is InChI=1S/C12H16F5NO3/c13-11(14,12(15,16)17)8(19)18-7-10(9(20)21)5-3-1-2-4-6-10/h1-7H2,(H,18,19)(H,20,21). The fourth-order valence-corrected chi connectivity index (χ4v) is 2.36. The molecule has 0 aromatic carbocycles. The highest BCUT2D eigenvalue weighted by molar-refractivity contribution is 5.85. The molecule has 0 atom stereocenters. The third-order valence-electron chi connectivity index (χ3n) is 3.74. The van der Waals surface area contributed by atoms with Crippen molar-refractivity contribution in [3.63, 3.8) is 0 Å². The molecule has 122 valence electrons. The molecule has 1 aliphatic carbocycles. The molecule has 0 bridgehead atoms. The van der Waals surface area contributed by atoms with Crippen LogP contribution in [-0.4, -0.2) is 35.6 Å². The second-order valence-electron chi connectivity index (χ2n) is 5.25. The van der Waals surface area contributed by atoms with E-state index in [2.05, 4.69) is 0 Å². The van der Waals surface area contributed by atoms with Crippen molar-refractivity contribution in [3.05, 3.63) is 0 Å². The first-order chi connectivity index (χ1) is 9.53. The SMILES string of the molecule is O=C(O)C1(CNC(=O)C(F)(F)C(F)(F)F)CCCCCC1. The van der Waals surface area contributed by atoms with Gasteiger partial charge in [-0.3, -0.25) is 9.59 Å². The van der Waals surface area contributed by atoms with Crippen LogP contribution in [-0.2, 0) is 9.59 Å². The molecule has 1 saturated carbocycles. The maximum absolute atomic E-state index is 12.8. The lowest BCUT2D eigenvalue weighted by Crippen LogP contribution is -2.53. The Labute approximate surface area is 117 Å². The summed E-state index contributed by atoms with van der Waals surface area (Å²) < 4.78 is 61.7. The molecule has 0 aromatic rings. The molecule has 21 heavy (non-hydrogen) atoms. The fraction of sp³-hybridized carbons (Fsp3) is 0.833. The van der Waals surface area contributed by atoms with Gasteiger partial charge in [0, 0.05) is 6.54 Å². The first-order valence-electron chi connectivity index (χ1n) is 6.49. The largest absolute Gasteiger partial charge is 0.481 e. The smallest absolute Gasteiger partial charge is 0.463 e. The van der Waals surface area contributed by atoms with Crippen molar-refractivity contribution in [2.24, 2.45) is 5.41 Å². The van der Waals surface area contributed by atoms with Gasteiger partial charge in [0.2, 0.25) is 0 Å². The lowest BCUT2D eigenvalue weighted by atomic mass is 9.80. The first kappa shape index (κ1) is 17.6. The summed E-state index contributed by atoms with van der Waals surface area (Å²) >= 11 is 0. The molecule has 1 amide bonds. The third kappa shape index (κ3) is 3.82. The Balaban J connectivity index is 2.78. The second-order valence-corrected chi connectivity index (χ2v) is 5.25. The summed E-state index contributed by atoms with van der Waals surface area (Å²) in [6.07, 6.45) is -3.14. The molecule has 0 unspecified atom stereocenters. The number of nitrogens with one attached hydrogen (secondary N) is 1. The van der Waals surface area contributed by atoms with Crippen LogP contribution in [0.2, 0.25) is 0 Å². The Morgan fingerprint density at radius 2 is 1.48 bits per heavy atom. The minimum atomic E-state index is -6.00. The highest BCUT2D eigenvalue weighted by Crippen LogP contribution is 2.37. The Morgan fingerprint density at radius 1 is 1.00 bits per heavy atom. The minimum absolute atomic E-state index is 0.139. The van der Waals surface area contributed by atoms with Crippen molar-refractivity contribution in [1.82, 2.24) is 5.32 Å². The van der Waals surface area contributed by atoms with E-state index in [1.165, 1.54) is 5.32 Å². The van der Waals surface area contributed by atoms with Crippen LogP contribution in [0.5, 0.6) is 0 Å². The number of carbonyl (C=O) groups excluding carboxylic acids is 1. The molecule has 9 heteroatoms. The van der Waals surface area contributed by atoms with Crippen molar-refractivity contribution in [2.45, 2.75) is 50.6 Å². The molecule has 0 aromatic heterocycles. The zero-order valence-electron chi connectivity index (χ0n) is 11.1. The van der Waals surface area contributed by atoms with Gasteiger partial charge >= 0.3 is 18.1 Å². The average Bonchev–Trinajstić information content (AvgIpc) is 2.60. The Morgan fingerprint density at radius 3 is 1.86 bits per heavy atom. The molecule has 0 spiro atoms. The molecule has 0 aliphatic heterocycles. The molecular weight excluding hydrogens is 301 g/mol. The highest BCUT2D eigenvalue weighted by Gasteiger charge is 2.63. The summed E-state index contributed by atoms with van der Waals surface area (Å²) in [4.78, 5) is 22.4. The van der Waals surface area contributed by atoms with Crippen LogP contribution in [0.4, 0.5) is 22.0 Å². The van der Waals surface area contributed by atoms with E-state index < -0.39 is 35.9 Å². The predicted octanol–water partition coefficient (Wildman–Crippen LogP) is 2.73. The third-order valence-corrected chi connectivity index (χ3v) is 3.74. The van der Waals surface area contributed by atoms with E-state index in [0.717, 1.165) is 12.8 Å². The zero-order chi connectivity index (χ0) is 16.3. The zero-order valence-corrected chi connectivity index (χ0v) is 11.1. The van der Waals surface area contributed by atoms with Gasteiger partial charge < -0.3 is 10.4 Å². The molecule has 1 rings (SSSR count). The van der Waals surface area contributed by atoms with E-state index in [9.17, 15) is 36.6 Å². The number of hydrogen-bond donors (Lipinski definition) is 2. The maximum atomic E-state index is 12.8. The molecule has 0 heterocycles. The molecule has 0 saturated heterocycles. The van der Waals surface area contributed by atoms with Gasteiger partial charge in [0.15, 0.2) is 0 Å². The van der Waals surface area contributed by atoms with Crippen LogP contribution in [0.1, 0.15) is 38.5 Å². The molecule has 0 radical (unpaired) electrons. The Kier molecular flexibility index (Phi) is 5.16. The number of aliphatic carboxylic acids is 1. The van der Waals surface area contributed by atoms with Gasteiger partial charge in [-0.1, -0.05) is 25.7 Å². The quantitative estimate of drug-likeness (QED) is 0.619. The Bertz CT molecular complexity index is 400. The monoisotopic (exact) mass is 317 g/mol. The molecule has 1 fully saturated rings. The van der Waals surface area contributed by atoms with Crippen molar-refractivity contribution < 1.29 is 36.6 Å². The van der Waals surface area contributed by atoms with Crippen LogP contribution >= 0.6 is 0 Å². The highest BCUT2D eigenvalue weighted by atomic mass is 19.4. The van der Waals surface area contributed by atoms with Crippen molar-refractivity contribution >= 4 is 11.9 Å². The molecular formula is C12H16F5NO3. The van der Waals surface area contributed by atoms with Gasteiger partial charge in [0.05, 0.1) is 5.41 Å². The van der Waals surface area contributed by atoms with E-state index in [0.29, 0.717) is 12.8 Å². The number of carboxylic acids is 1.